The maximum Gasteiger partial charge on any atom is 0.0364 e. The van der Waals surface area contributed by atoms with Crippen molar-refractivity contribution in [2.24, 2.45) is 0 Å². The van der Waals surface area contributed by atoms with Crippen molar-refractivity contribution in [3.63, 3.8) is 0 Å². The van der Waals surface area contributed by atoms with Gasteiger partial charge in [0.15, 0.2) is 0 Å². The van der Waals surface area contributed by atoms with Crippen molar-refractivity contribution >= 4 is 0 Å². The van der Waals surface area contributed by atoms with Gasteiger partial charge in [0.25, 0.3) is 0 Å². The first-order valence-electron chi connectivity index (χ1n) is 5.87. The Morgan fingerprint density at radius 1 is 1.18 bits per heavy atom. The molecule has 1 aromatic carbocycles. The molecule has 2 heteroatoms. The first-order valence-corrected chi connectivity index (χ1v) is 5.87. The fourth-order valence-electron chi connectivity index (χ4n) is 2.56. The molecule has 0 atom stereocenters. The van der Waals surface area contributed by atoms with Crippen molar-refractivity contribution in [1.29, 1.82) is 0 Å². The Hall–Kier alpha value is -0.526. The number of aromatic nitrogens is 1. The zero-order valence-electron chi connectivity index (χ0n) is 10.2. The molecule has 0 unspecified atom stereocenters. The van der Waals surface area contributed by atoms with Crippen molar-refractivity contribution in [2.45, 2.75) is 26.2 Å². The van der Waals surface area contributed by atoms with Crippen molar-refractivity contribution in [1.82, 2.24) is 4.57 Å². The van der Waals surface area contributed by atoms with Gasteiger partial charge in [0.1, 0.15) is 0 Å². The summed E-state index contributed by atoms with van der Waals surface area (Å²) in [5, 5.41) is 0. The average Bonchev–Trinajstić information content (AvgIpc) is 2.54. The normalized spacial score (nSPS) is 13.2. The van der Waals surface area contributed by atoms with Crippen LogP contribution in [0.1, 0.15) is 28.8 Å². The molecule has 0 aliphatic carbocycles. The molecular formula is C15H16NY-. The molecule has 0 spiro atoms. The van der Waals surface area contributed by atoms with E-state index < -0.39 is 0 Å². The standard InChI is InChI=1S/C15H16N.Y/c1-11-6-7-13-4-3-5-14-8-12(2)10-16(14)15(13)9-11;/h6-10H,2-5H2,1H3;/q-1;. The third kappa shape index (κ3) is 2.36. The molecular weight excluding hydrogens is 283 g/mol. The Kier molecular flexibility index (Phi) is 3.80. The van der Waals surface area contributed by atoms with Crippen LogP contribution in [0.25, 0.3) is 5.69 Å². The minimum atomic E-state index is 0. The molecule has 2 heterocycles. The zero-order chi connectivity index (χ0) is 11.1. The fraction of sp³-hybridized carbons (Fsp3) is 0.267. The molecule has 1 aliphatic rings. The van der Waals surface area contributed by atoms with Gasteiger partial charge in [-0.1, -0.05) is 18.3 Å². The van der Waals surface area contributed by atoms with Crippen molar-refractivity contribution in [3.05, 3.63) is 59.8 Å². The zero-order valence-corrected chi connectivity index (χ0v) is 13.1. The molecule has 0 saturated carbocycles. The van der Waals surface area contributed by atoms with Gasteiger partial charge in [-0.3, -0.25) is 0 Å². The number of rotatable bonds is 0. The summed E-state index contributed by atoms with van der Waals surface area (Å²) in [6, 6.07) is 8.96. The van der Waals surface area contributed by atoms with Crippen LogP contribution in [0.2, 0.25) is 0 Å². The second-order valence-electron chi connectivity index (χ2n) is 4.70. The fourth-order valence-corrected chi connectivity index (χ4v) is 2.56. The van der Waals surface area contributed by atoms with Crippen LogP contribution in [0.5, 0.6) is 0 Å². The molecule has 0 N–H and O–H groups in total. The van der Waals surface area contributed by atoms with E-state index in [-0.39, 0.29) is 32.7 Å². The Bertz CT molecular complexity index is 540. The maximum absolute atomic E-state index is 4.03. The van der Waals surface area contributed by atoms with Gasteiger partial charge in [-0.25, -0.2) is 0 Å². The molecule has 85 valence electrons. The van der Waals surface area contributed by atoms with Crippen LogP contribution in [-0.2, 0) is 45.6 Å². The minimum absolute atomic E-state index is 0. The second kappa shape index (κ2) is 5.00. The molecule has 3 rings (SSSR count). The first-order chi connectivity index (χ1) is 7.74. The summed E-state index contributed by atoms with van der Waals surface area (Å²) in [5.74, 6) is 0. The third-order valence-corrected chi connectivity index (χ3v) is 3.34. The molecule has 2 aromatic rings. The summed E-state index contributed by atoms with van der Waals surface area (Å²) in [4.78, 5) is 0. The minimum Gasteiger partial charge on any atom is -0.386 e. The van der Waals surface area contributed by atoms with E-state index in [0.29, 0.717) is 0 Å². The largest absolute Gasteiger partial charge is 0.386 e. The summed E-state index contributed by atoms with van der Waals surface area (Å²) >= 11 is 0. The van der Waals surface area contributed by atoms with Gasteiger partial charge in [0, 0.05) is 38.4 Å². The van der Waals surface area contributed by atoms with Crippen molar-refractivity contribution in [3.8, 4) is 5.69 Å². The van der Waals surface area contributed by atoms with Gasteiger partial charge in [0.05, 0.1) is 0 Å². The van der Waals surface area contributed by atoms with E-state index in [4.69, 9.17) is 0 Å². The number of fused-ring (bicyclic) bond motifs is 3. The van der Waals surface area contributed by atoms with E-state index in [1.807, 2.05) is 0 Å². The van der Waals surface area contributed by atoms with Crippen LogP contribution < -0.4 is 0 Å². The first kappa shape index (κ1) is 12.9. The smallest absolute Gasteiger partial charge is 0.0364 e. The predicted octanol–water partition coefficient (Wildman–Crippen LogP) is 3.45. The molecule has 0 bridgehead atoms. The van der Waals surface area contributed by atoms with E-state index in [9.17, 15) is 0 Å². The third-order valence-electron chi connectivity index (χ3n) is 3.34. The van der Waals surface area contributed by atoms with Crippen LogP contribution in [0.15, 0.2) is 30.5 Å². The summed E-state index contributed by atoms with van der Waals surface area (Å²) in [5.41, 5.74) is 6.65. The maximum atomic E-state index is 4.03. The average molecular weight is 299 g/mol. The van der Waals surface area contributed by atoms with Crippen LogP contribution in [0.4, 0.5) is 0 Å². The molecule has 1 radical (unpaired) electrons. The second-order valence-corrected chi connectivity index (χ2v) is 4.70. The van der Waals surface area contributed by atoms with Gasteiger partial charge >= 0.3 is 0 Å². The molecule has 1 aromatic heterocycles. The molecule has 17 heavy (non-hydrogen) atoms. The molecule has 0 fully saturated rings. The van der Waals surface area contributed by atoms with E-state index >= 15 is 0 Å². The summed E-state index contributed by atoms with van der Waals surface area (Å²) in [7, 11) is 0. The molecule has 0 amide bonds. The van der Waals surface area contributed by atoms with Crippen molar-refractivity contribution < 1.29 is 32.7 Å². The number of nitrogens with zero attached hydrogens (tertiary/aromatic N) is 1. The van der Waals surface area contributed by atoms with E-state index in [2.05, 4.69) is 48.9 Å². The van der Waals surface area contributed by atoms with Crippen LogP contribution in [0.3, 0.4) is 0 Å². The number of benzene rings is 1. The summed E-state index contributed by atoms with van der Waals surface area (Å²) in [6.45, 7) is 6.18. The Balaban J connectivity index is 0.00000108. The quantitative estimate of drug-likeness (QED) is 0.657. The molecule has 0 saturated heterocycles. The SMILES string of the molecule is [CH2-]c1cc2n(c1)-c1cc(C)ccc1CCC2.[Y]. The number of aryl methyl sites for hydroxylation is 3. The van der Waals surface area contributed by atoms with Gasteiger partial charge in [-0.05, 0) is 49.1 Å². The van der Waals surface area contributed by atoms with Gasteiger partial charge < -0.3 is 4.57 Å². The predicted molar refractivity (Wildman–Crippen MR) is 67.0 cm³/mol. The summed E-state index contributed by atoms with van der Waals surface area (Å²) in [6.07, 6.45) is 5.73. The van der Waals surface area contributed by atoms with Crippen molar-refractivity contribution in [2.75, 3.05) is 0 Å². The number of hydrogen-bond acceptors (Lipinski definition) is 0. The van der Waals surface area contributed by atoms with E-state index in [1.54, 1.807) is 0 Å². The molecule has 1 aliphatic heterocycles. The van der Waals surface area contributed by atoms with E-state index in [0.717, 1.165) is 12.0 Å². The number of hydrogen-bond donors (Lipinski definition) is 0. The van der Waals surface area contributed by atoms with Crippen LogP contribution in [-0.4, -0.2) is 4.57 Å². The monoisotopic (exact) mass is 299 g/mol. The summed E-state index contributed by atoms with van der Waals surface area (Å²) < 4.78 is 2.32. The topological polar surface area (TPSA) is 4.93 Å². The van der Waals surface area contributed by atoms with Gasteiger partial charge in [0.2, 0.25) is 0 Å². The Morgan fingerprint density at radius 3 is 2.82 bits per heavy atom. The van der Waals surface area contributed by atoms with Crippen LogP contribution >= 0.6 is 0 Å². The Morgan fingerprint density at radius 2 is 2.00 bits per heavy atom. The van der Waals surface area contributed by atoms with Crippen LogP contribution in [0, 0.1) is 13.8 Å². The van der Waals surface area contributed by atoms with Gasteiger partial charge in [-0.2, -0.15) is 12.5 Å². The van der Waals surface area contributed by atoms with E-state index in [1.165, 1.54) is 35.3 Å². The van der Waals surface area contributed by atoms with Gasteiger partial charge in [-0.15, -0.1) is 6.07 Å². The Labute approximate surface area is 128 Å². The molecule has 1 nitrogen and oxygen atoms in total.